The molecule has 160 valence electrons. The molecule has 0 spiro atoms. The molecule has 0 radical (unpaired) electrons. The Morgan fingerprint density at radius 2 is 1.41 bits per heavy atom. The van der Waals surface area contributed by atoms with E-state index in [0.29, 0.717) is 0 Å². The Morgan fingerprint density at radius 3 is 2.06 bits per heavy atom. The Labute approximate surface area is 196 Å². The van der Waals surface area contributed by atoms with Gasteiger partial charge in [0.1, 0.15) is 0 Å². The first-order valence-corrected chi connectivity index (χ1v) is 11.7. The van der Waals surface area contributed by atoms with Crippen molar-refractivity contribution in [1.29, 1.82) is 0 Å². The third-order valence-corrected chi connectivity index (χ3v) is 7.25. The minimum absolute atomic E-state index is 0.0110. The van der Waals surface area contributed by atoms with Gasteiger partial charge in [-0.05, 0) is 75.9 Å². The second-order valence-corrected chi connectivity index (χ2v) is 10.6. The smallest absolute Gasteiger partial charge is 0.0439 e. The van der Waals surface area contributed by atoms with Gasteiger partial charge < -0.3 is 0 Å². The molecule has 0 aromatic heterocycles. The van der Waals surface area contributed by atoms with Crippen molar-refractivity contribution in [2.24, 2.45) is 0 Å². The summed E-state index contributed by atoms with van der Waals surface area (Å²) in [7, 11) is 0. The Hall–Kier alpha value is -2.83. The maximum absolute atomic E-state index is 6.59. The van der Waals surface area contributed by atoms with Gasteiger partial charge in [0, 0.05) is 10.4 Å². The zero-order valence-corrected chi connectivity index (χ0v) is 20.2. The molecule has 5 rings (SSSR count). The van der Waals surface area contributed by atoms with Crippen molar-refractivity contribution >= 4 is 11.6 Å². The van der Waals surface area contributed by atoms with Crippen molar-refractivity contribution in [3.05, 3.63) is 118 Å². The molecule has 4 aromatic carbocycles. The molecule has 1 unspecified atom stereocenters. The highest BCUT2D eigenvalue weighted by atomic mass is 35.5. The first kappa shape index (κ1) is 21.0. The first-order valence-electron chi connectivity index (χ1n) is 11.3. The normalized spacial score (nSPS) is 17.2. The van der Waals surface area contributed by atoms with E-state index in [1.54, 1.807) is 0 Å². The van der Waals surface area contributed by atoms with Gasteiger partial charge in [0.05, 0.1) is 0 Å². The second kappa shape index (κ2) is 7.36. The minimum atomic E-state index is -0.281. The predicted molar refractivity (Wildman–Crippen MR) is 138 cm³/mol. The third kappa shape index (κ3) is 3.12. The van der Waals surface area contributed by atoms with Crippen LogP contribution in [0.15, 0.2) is 84.9 Å². The van der Waals surface area contributed by atoms with E-state index in [9.17, 15) is 0 Å². The van der Waals surface area contributed by atoms with Gasteiger partial charge in [0.25, 0.3) is 0 Å². The average molecular weight is 437 g/mol. The lowest BCUT2D eigenvalue weighted by molar-refractivity contribution is 0.566. The predicted octanol–water partition coefficient (Wildman–Crippen LogP) is 8.95. The lowest BCUT2D eigenvalue weighted by Crippen LogP contribution is -2.27. The molecule has 0 bridgehead atoms. The molecule has 0 amide bonds. The van der Waals surface area contributed by atoms with Gasteiger partial charge in [-0.2, -0.15) is 0 Å². The highest BCUT2D eigenvalue weighted by Crippen LogP contribution is 2.58. The second-order valence-electron chi connectivity index (χ2n) is 10.2. The third-order valence-electron chi connectivity index (χ3n) is 7.02. The fourth-order valence-corrected chi connectivity index (χ4v) is 5.53. The van der Waals surface area contributed by atoms with Gasteiger partial charge in [-0.3, -0.25) is 0 Å². The average Bonchev–Trinajstić information content (AvgIpc) is 3.03. The van der Waals surface area contributed by atoms with Gasteiger partial charge in [-0.25, -0.2) is 0 Å². The summed E-state index contributed by atoms with van der Waals surface area (Å²) in [6.07, 6.45) is 0. The van der Waals surface area contributed by atoms with Crippen molar-refractivity contribution in [2.45, 2.75) is 45.4 Å². The molecule has 0 saturated carbocycles. The van der Waals surface area contributed by atoms with Gasteiger partial charge in [-0.15, -0.1) is 0 Å². The topological polar surface area (TPSA) is 0 Å². The molecule has 0 heterocycles. The number of halogens is 1. The van der Waals surface area contributed by atoms with Crippen molar-refractivity contribution in [3.8, 4) is 22.3 Å². The molecule has 1 aliphatic rings. The summed E-state index contributed by atoms with van der Waals surface area (Å²) in [6, 6.07) is 30.9. The number of hydrogen-bond donors (Lipinski definition) is 0. The Kier molecular flexibility index (Phi) is 4.84. The summed E-state index contributed by atoms with van der Waals surface area (Å²) in [5, 5.41) is 0.786. The van der Waals surface area contributed by atoms with Gasteiger partial charge >= 0.3 is 0 Å². The van der Waals surface area contributed by atoms with Crippen molar-refractivity contribution < 1.29 is 0 Å². The molecule has 0 saturated heterocycles. The monoisotopic (exact) mass is 436 g/mol. The molecule has 32 heavy (non-hydrogen) atoms. The lowest BCUT2D eigenvalue weighted by Gasteiger charge is -2.34. The van der Waals surface area contributed by atoms with E-state index in [4.69, 9.17) is 11.6 Å². The standard InChI is InChI=1S/C31H29Cl/c1-20-11-13-22(14-12-20)31(5)27-19-23(32)15-16-25(27)28-24(21-9-7-6-8-10-21)17-18-26(29(28)31)30(2,3)4/h6-19H,1-5H3. The molecule has 0 fully saturated rings. The summed E-state index contributed by atoms with van der Waals surface area (Å²) >= 11 is 6.59. The quantitative estimate of drug-likeness (QED) is 0.294. The molecular formula is C31H29Cl. The SMILES string of the molecule is Cc1ccc(C2(C)c3cc(Cl)ccc3-c3c(-c4ccccc4)ccc(C(C)(C)C)c32)cc1. The van der Waals surface area contributed by atoms with Gasteiger partial charge in [-0.1, -0.05) is 111 Å². The molecule has 1 atom stereocenters. The van der Waals surface area contributed by atoms with Gasteiger partial charge in [0.15, 0.2) is 0 Å². The Balaban J connectivity index is 1.95. The van der Waals surface area contributed by atoms with Crippen molar-refractivity contribution in [3.63, 3.8) is 0 Å². The highest BCUT2D eigenvalue weighted by Gasteiger charge is 2.45. The molecule has 1 heteroatoms. The summed E-state index contributed by atoms with van der Waals surface area (Å²) in [5.41, 5.74) is 11.6. The molecular weight excluding hydrogens is 408 g/mol. The van der Waals surface area contributed by atoms with Crippen LogP contribution < -0.4 is 0 Å². The van der Waals surface area contributed by atoms with E-state index < -0.39 is 0 Å². The zero-order valence-electron chi connectivity index (χ0n) is 19.5. The number of rotatable bonds is 2. The van der Waals surface area contributed by atoms with Crippen LogP contribution in [0.3, 0.4) is 0 Å². The van der Waals surface area contributed by atoms with E-state index in [-0.39, 0.29) is 10.8 Å². The molecule has 4 aromatic rings. The van der Waals surface area contributed by atoms with Crippen molar-refractivity contribution in [1.82, 2.24) is 0 Å². The molecule has 1 aliphatic carbocycles. The molecule has 0 N–H and O–H groups in total. The zero-order chi connectivity index (χ0) is 22.7. The lowest BCUT2D eigenvalue weighted by atomic mass is 9.68. The fraction of sp³-hybridized carbons (Fsp3) is 0.226. The van der Waals surface area contributed by atoms with E-state index in [1.807, 2.05) is 6.07 Å². The Morgan fingerprint density at radius 1 is 0.750 bits per heavy atom. The van der Waals surface area contributed by atoms with E-state index >= 15 is 0 Å². The van der Waals surface area contributed by atoms with Crippen molar-refractivity contribution in [2.75, 3.05) is 0 Å². The van der Waals surface area contributed by atoms with Crippen LogP contribution in [0, 0.1) is 6.92 Å². The maximum atomic E-state index is 6.59. The number of fused-ring (bicyclic) bond motifs is 3. The maximum Gasteiger partial charge on any atom is 0.0439 e. The Bertz CT molecular complexity index is 1310. The summed E-state index contributed by atoms with van der Waals surface area (Å²) in [6.45, 7) is 11.5. The molecule has 0 nitrogen and oxygen atoms in total. The summed E-state index contributed by atoms with van der Waals surface area (Å²) in [5.74, 6) is 0. The van der Waals surface area contributed by atoms with Crippen LogP contribution in [0.5, 0.6) is 0 Å². The van der Waals surface area contributed by atoms with Gasteiger partial charge in [0.2, 0.25) is 0 Å². The van der Waals surface area contributed by atoms with Crippen LogP contribution in [-0.2, 0) is 10.8 Å². The minimum Gasteiger partial charge on any atom is -0.0843 e. The van der Waals surface area contributed by atoms with E-state index in [0.717, 1.165) is 5.02 Å². The fourth-order valence-electron chi connectivity index (χ4n) is 5.35. The first-order chi connectivity index (χ1) is 15.2. The number of aryl methyl sites for hydroxylation is 1. The largest absolute Gasteiger partial charge is 0.0843 e. The summed E-state index contributed by atoms with van der Waals surface area (Å²) in [4.78, 5) is 0. The highest BCUT2D eigenvalue weighted by molar-refractivity contribution is 6.30. The van der Waals surface area contributed by atoms with E-state index in [2.05, 4.69) is 113 Å². The van der Waals surface area contributed by atoms with Crippen LogP contribution in [0.2, 0.25) is 5.02 Å². The number of benzene rings is 4. The summed E-state index contributed by atoms with van der Waals surface area (Å²) < 4.78 is 0. The van der Waals surface area contributed by atoms with Crippen LogP contribution >= 0.6 is 11.6 Å². The van der Waals surface area contributed by atoms with E-state index in [1.165, 1.54) is 50.1 Å². The molecule has 0 aliphatic heterocycles. The number of hydrogen-bond acceptors (Lipinski definition) is 0. The van der Waals surface area contributed by atoms with Crippen LogP contribution in [-0.4, -0.2) is 0 Å². The van der Waals surface area contributed by atoms with Crippen LogP contribution in [0.25, 0.3) is 22.3 Å². The van der Waals surface area contributed by atoms with Crippen LogP contribution in [0.4, 0.5) is 0 Å². The van der Waals surface area contributed by atoms with Crippen LogP contribution in [0.1, 0.15) is 55.5 Å².